The number of primary amides is 1. The van der Waals surface area contributed by atoms with Gasteiger partial charge in [0, 0.05) is 42.0 Å². The molecule has 0 fully saturated rings. The first kappa shape index (κ1) is 18.5. The average molecular weight is 379 g/mol. The molecule has 2 heterocycles. The third-order valence-corrected chi connectivity index (χ3v) is 5.68. The molecule has 0 spiro atoms. The number of carbonyl (C=O) groups is 1. The van der Waals surface area contributed by atoms with Gasteiger partial charge >= 0.3 is 0 Å². The lowest BCUT2D eigenvalue weighted by Crippen LogP contribution is -2.06. The van der Waals surface area contributed by atoms with E-state index in [1.165, 1.54) is 18.3 Å². The molecule has 0 radical (unpaired) electrons. The summed E-state index contributed by atoms with van der Waals surface area (Å²) in [7, 11) is -3.79. The van der Waals surface area contributed by atoms with Gasteiger partial charge in [-0.05, 0) is 42.3 Å². The number of hydrogen-bond donors (Lipinski definition) is 1. The highest BCUT2D eigenvalue weighted by Gasteiger charge is 2.23. The van der Waals surface area contributed by atoms with E-state index in [1.54, 1.807) is 61.9 Å². The Kier molecular flexibility index (Phi) is 5.14. The van der Waals surface area contributed by atoms with Crippen LogP contribution in [0.1, 0.15) is 11.1 Å². The molecule has 0 aliphatic rings. The van der Waals surface area contributed by atoms with E-state index in [1.807, 2.05) is 0 Å². The SMILES string of the molecule is Cc1cncc(S(=O)(=O)c2ccccc2-c2ccncc2/C=C/C(N)=O)c1. The molecule has 136 valence electrons. The third kappa shape index (κ3) is 3.93. The predicted molar refractivity (Wildman–Crippen MR) is 102 cm³/mol. The Labute approximate surface area is 157 Å². The molecule has 0 saturated heterocycles. The van der Waals surface area contributed by atoms with Crippen LogP contribution >= 0.6 is 0 Å². The zero-order valence-electron chi connectivity index (χ0n) is 14.5. The molecule has 3 aromatic rings. The van der Waals surface area contributed by atoms with Crippen LogP contribution in [-0.4, -0.2) is 24.3 Å². The number of aryl methyl sites for hydroxylation is 1. The number of nitrogens with zero attached hydrogens (tertiary/aromatic N) is 2. The number of aromatic nitrogens is 2. The monoisotopic (exact) mass is 379 g/mol. The number of hydrogen-bond acceptors (Lipinski definition) is 5. The van der Waals surface area contributed by atoms with E-state index < -0.39 is 15.7 Å². The third-order valence-electron chi connectivity index (χ3n) is 3.91. The highest BCUT2D eigenvalue weighted by molar-refractivity contribution is 7.91. The lowest BCUT2D eigenvalue weighted by Gasteiger charge is -2.13. The van der Waals surface area contributed by atoms with Gasteiger partial charge in [-0.3, -0.25) is 14.8 Å². The van der Waals surface area contributed by atoms with Crippen LogP contribution in [0.2, 0.25) is 0 Å². The summed E-state index contributed by atoms with van der Waals surface area (Å²) in [5.74, 6) is -0.600. The molecule has 0 aliphatic heterocycles. The molecule has 1 aromatic carbocycles. The fraction of sp³-hybridized carbons (Fsp3) is 0.0500. The van der Waals surface area contributed by atoms with E-state index in [4.69, 9.17) is 5.73 Å². The van der Waals surface area contributed by atoms with E-state index >= 15 is 0 Å². The molecular weight excluding hydrogens is 362 g/mol. The molecule has 2 aromatic heterocycles. The first-order valence-electron chi connectivity index (χ1n) is 8.07. The molecule has 27 heavy (non-hydrogen) atoms. The van der Waals surface area contributed by atoms with Gasteiger partial charge in [0.25, 0.3) is 0 Å². The zero-order valence-corrected chi connectivity index (χ0v) is 15.3. The van der Waals surface area contributed by atoms with Crippen molar-refractivity contribution in [1.29, 1.82) is 0 Å². The molecule has 0 unspecified atom stereocenters. The van der Waals surface area contributed by atoms with Gasteiger partial charge in [-0.2, -0.15) is 0 Å². The number of nitrogens with two attached hydrogens (primary N) is 1. The standard InChI is InChI=1S/C20H17N3O3S/c1-14-10-16(13-23-11-14)27(25,26)19-5-3-2-4-18(19)17-8-9-22-12-15(17)6-7-20(21)24/h2-13H,1H3,(H2,21,24)/b7-6+. The minimum atomic E-state index is -3.79. The Morgan fingerprint density at radius 1 is 1.04 bits per heavy atom. The van der Waals surface area contributed by atoms with Gasteiger partial charge in [-0.25, -0.2) is 8.42 Å². The van der Waals surface area contributed by atoms with Crippen molar-refractivity contribution in [3.8, 4) is 11.1 Å². The Bertz CT molecular complexity index is 1140. The molecule has 2 N–H and O–H groups in total. The molecule has 6 nitrogen and oxygen atoms in total. The summed E-state index contributed by atoms with van der Waals surface area (Å²) in [4.78, 5) is 19.4. The van der Waals surface area contributed by atoms with Crippen LogP contribution in [0.25, 0.3) is 17.2 Å². The van der Waals surface area contributed by atoms with Gasteiger partial charge in [-0.15, -0.1) is 0 Å². The van der Waals surface area contributed by atoms with E-state index in [0.717, 1.165) is 5.56 Å². The maximum Gasteiger partial charge on any atom is 0.241 e. The van der Waals surface area contributed by atoms with Crippen LogP contribution in [0.15, 0.2) is 77.1 Å². The van der Waals surface area contributed by atoms with Gasteiger partial charge < -0.3 is 5.73 Å². The first-order chi connectivity index (χ1) is 12.9. The molecule has 1 amide bonds. The van der Waals surface area contributed by atoms with Crippen molar-refractivity contribution >= 4 is 21.8 Å². The molecule has 0 atom stereocenters. The second-order valence-electron chi connectivity index (χ2n) is 5.90. The van der Waals surface area contributed by atoms with Crippen LogP contribution in [-0.2, 0) is 14.6 Å². The summed E-state index contributed by atoms with van der Waals surface area (Å²) in [5.41, 5.74) is 7.64. The van der Waals surface area contributed by atoms with Crippen LogP contribution < -0.4 is 5.73 Å². The Hall–Kier alpha value is -3.32. The van der Waals surface area contributed by atoms with Gasteiger partial charge in [0.2, 0.25) is 15.7 Å². The Morgan fingerprint density at radius 2 is 1.81 bits per heavy atom. The second-order valence-corrected chi connectivity index (χ2v) is 7.81. The highest BCUT2D eigenvalue weighted by atomic mass is 32.2. The van der Waals surface area contributed by atoms with Crippen molar-refractivity contribution in [3.63, 3.8) is 0 Å². The Morgan fingerprint density at radius 3 is 2.56 bits per heavy atom. The first-order valence-corrected chi connectivity index (χ1v) is 9.55. The second kappa shape index (κ2) is 7.51. The van der Waals surface area contributed by atoms with Crippen molar-refractivity contribution in [2.24, 2.45) is 5.73 Å². The number of pyridine rings is 2. The van der Waals surface area contributed by atoms with Gasteiger partial charge in [-0.1, -0.05) is 18.2 Å². The lowest BCUT2D eigenvalue weighted by atomic mass is 10.0. The number of benzene rings is 1. The normalized spacial score (nSPS) is 11.6. The van der Waals surface area contributed by atoms with Crippen LogP contribution in [0.5, 0.6) is 0 Å². The van der Waals surface area contributed by atoms with Crippen molar-refractivity contribution < 1.29 is 13.2 Å². The fourth-order valence-corrected chi connectivity index (χ4v) is 4.20. The maximum absolute atomic E-state index is 13.2. The minimum Gasteiger partial charge on any atom is -0.366 e. The van der Waals surface area contributed by atoms with Gasteiger partial charge in [0.15, 0.2) is 0 Å². The van der Waals surface area contributed by atoms with Crippen LogP contribution in [0.3, 0.4) is 0 Å². The van der Waals surface area contributed by atoms with Crippen molar-refractivity contribution in [2.45, 2.75) is 16.7 Å². The van der Waals surface area contributed by atoms with Crippen LogP contribution in [0, 0.1) is 6.92 Å². The summed E-state index contributed by atoms with van der Waals surface area (Å²) < 4.78 is 26.4. The number of carbonyl (C=O) groups excluding carboxylic acids is 1. The number of amides is 1. The quantitative estimate of drug-likeness (QED) is 0.687. The summed E-state index contributed by atoms with van der Waals surface area (Å²) in [5, 5.41) is 0. The topological polar surface area (TPSA) is 103 Å². The minimum absolute atomic E-state index is 0.123. The summed E-state index contributed by atoms with van der Waals surface area (Å²) >= 11 is 0. The Balaban J connectivity index is 2.21. The zero-order chi connectivity index (χ0) is 19.4. The number of sulfone groups is 1. The summed E-state index contributed by atoms with van der Waals surface area (Å²) in [6.45, 7) is 1.79. The van der Waals surface area contributed by atoms with Gasteiger partial charge in [0.05, 0.1) is 9.79 Å². The van der Waals surface area contributed by atoms with Crippen molar-refractivity contribution in [3.05, 3.63) is 78.4 Å². The van der Waals surface area contributed by atoms with E-state index in [-0.39, 0.29) is 9.79 Å². The summed E-state index contributed by atoms with van der Waals surface area (Å²) in [6.07, 6.45) is 8.77. The van der Waals surface area contributed by atoms with E-state index in [9.17, 15) is 13.2 Å². The molecule has 0 aliphatic carbocycles. The highest BCUT2D eigenvalue weighted by Crippen LogP contribution is 2.33. The largest absolute Gasteiger partial charge is 0.366 e. The van der Waals surface area contributed by atoms with Gasteiger partial charge in [0.1, 0.15) is 0 Å². The van der Waals surface area contributed by atoms with E-state index in [2.05, 4.69) is 9.97 Å². The average Bonchev–Trinajstić information content (AvgIpc) is 2.66. The molecule has 3 rings (SSSR count). The van der Waals surface area contributed by atoms with Crippen LogP contribution in [0.4, 0.5) is 0 Å². The fourth-order valence-electron chi connectivity index (χ4n) is 2.68. The summed E-state index contributed by atoms with van der Waals surface area (Å²) in [6, 6.07) is 9.97. The smallest absolute Gasteiger partial charge is 0.241 e. The lowest BCUT2D eigenvalue weighted by molar-refractivity contribution is -0.113. The van der Waals surface area contributed by atoms with Crippen molar-refractivity contribution in [2.75, 3.05) is 0 Å². The molecule has 7 heteroatoms. The number of rotatable bonds is 5. The molecule has 0 saturated carbocycles. The van der Waals surface area contributed by atoms with E-state index in [0.29, 0.717) is 16.7 Å². The molecule has 0 bridgehead atoms. The van der Waals surface area contributed by atoms with Crippen molar-refractivity contribution in [1.82, 2.24) is 9.97 Å². The maximum atomic E-state index is 13.2. The molecular formula is C20H17N3O3S. The predicted octanol–water partition coefficient (Wildman–Crippen LogP) is 2.78.